The molecular formula is C54H91N3O37. The molecule has 0 spiro atoms. The second-order valence-electron chi connectivity index (χ2n) is 24.5. The van der Waals surface area contributed by atoms with E-state index in [1.165, 1.54) is 27.7 Å². The van der Waals surface area contributed by atoms with Crippen molar-refractivity contribution in [1.82, 2.24) is 16.0 Å². The molecule has 8 saturated heterocycles. The fourth-order valence-electron chi connectivity index (χ4n) is 12.4. The number of carbonyl (C=O) groups excluding carboxylic acids is 3. The maximum absolute atomic E-state index is 13.7. The molecule has 0 aliphatic carbocycles. The van der Waals surface area contributed by atoms with Crippen LogP contribution in [0.15, 0.2) is 0 Å². The molecule has 22 N–H and O–H groups in total. The molecule has 8 rings (SSSR count). The van der Waals surface area contributed by atoms with Gasteiger partial charge in [-0.1, -0.05) is 0 Å². The summed E-state index contributed by atoms with van der Waals surface area (Å²) in [6.45, 7) is 3.81. The fourth-order valence-corrected chi connectivity index (χ4v) is 12.4. The quantitative estimate of drug-likeness (QED) is 0.0507. The van der Waals surface area contributed by atoms with Crippen LogP contribution in [0.4, 0.5) is 0 Å². The Morgan fingerprint density at radius 3 is 0.989 bits per heavy atom. The highest BCUT2D eigenvalue weighted by Gasteiger charge is 2.61. The van der Waals surface area contributed by atoms with Crippen LogP contribution in [0.1, 0.15) is 48.5 Å². The van der Waals surface area contributed by atoms with Crippen molar-refractivity contribution in [2.24, 2.45) is 0 Å². The molecule has 1 unspecified atom stereocenters. The Morgan fingerprint density at radius 2 is 0.564 bits per heavy atom. The van der Waals surface area contributed by atoms with Crippen LogP contribution in [0.2, 0.25) is 0 Å². The van der Waals surface area contributed by atoms with Gasteiger partial charge in [0, 0.05) is 20.8 Å². The molecule has 0 radical (unpaired) electrons. The molecule has 40 atom stereocenters. The zero-order valence-corrected chi connectivity index (χ0v) is 51.8. The van der Waals surface area contributed by atoms with Gasteiger partial charge in [0.25, 0.3) is 0 Å². The number of carbonyl (C=O) groups is 3. The monoisotopic (exact) mass is 1370 g/mol. The summed E-state index contributed by atoms with van der Waals surface area (Å²) >= 11 is 0. The van der Waals surface area contributed by atoms with Crippen LogP contribution in [0.25, 0.3) is 0 Å². The Balaban J connectivity index is 1.20. The smallest absolute Gasteiger partial charge is 0.217 e. The number of hydrogen-bond acceptors (Lipinski definition) is 37. The molecule has 0 aromatic heterocycles. The second kappa shape index (κ2) is 32.6. The van der Waals surface area contributed by atoms with Gasteiger partial charge in [-0.3, -0.25) is 14.4 Å². The van der Waals surface area contributed by atoms with Crippen LogP contribution >= 0.6 is 0 Å². The van der Waals surface area contributed by atoms with E-state index >= 15 is 0 Å². The highest BCUT2D eigenvalue weighted by Crippen LogP contribution is 2.40. The standard InChI is InChI=1S/C54H91N3O37/c1-12-26(65)33(72)37(76)50(80-12)93-45-35(74)28(67)14(3)82-53(45)90-42-24(56-17(6)63)48(85-20(9-59)31(42)70)88-40-22(11-61)87-49(92-44-32(71)21(10-60)86-52(39(44)78)89-41-23(55-16(5)62)47(79)84-19(8-58)30(41)69)25(57-18(7)64)43(40)91-54-46(36(75)29(68)15(4)83-54)94-51-38(77)34(73)27(66)13(2)81-51/h12-15,19-54,58-61,65-79H,8-11H2,1-7H3,(H,55,62)(H,56,63)(H,57,64)/t12-,13-,14-,15-,19+,20+,21+,22+,23+,24+,25+,26+,27+,28+,29+,30-,31-,32-,33+,34+,35+,36+,37-,38-,39+,40+,41+,42+,43+,44-,45-,46-,47?,48-,49-,50-,51-,52-,53-,54-/m0/s1. The van der Waals surface area contributed by atoms with Gasteiger partial charge in [0.1, 0.15) is 171 Å². The Labute approximate surface area is 535 Å². The second-order valence-corrected chi connectivity index (χ2v) is 24.5. The van der Waals surface area contributed by atoms with Gasteiger partial charge in [0.15, 0.2) is 50.3 Å². The van der Waals surface area contributed by atoms with Crippen molar-refractivity contribution in [1.29, 1.82) is 0 Å². The highest BCUT2D eigenvalue weighted by atomic mass is 16.8. The summed E-state index contributed by atoms with van der Waals surface area (Å²) in [7, 11) is 0. The zero-order chi connectivity index (χ0) is 69.4. The lowest BCUT2D eigenvalue weighted by Crippen LogP contribution is -2.72. The molecule has 0 saturated carbocycles. The van der Waals surface area contributed by atoms with Crippen molar-refractivity contribution in [2.45, 2.75) is 294 Å². The normalized spacial score (nSPS) is 51.1. The van der Waals surface area contributed by atoms with Gasteiger partial charge in [-0.2, -0.15) is 0 Å². The van der Waals surface area contributed by atoms with E-state index in [4.69, 9.17) is 71.1 Å². The highest BCUT2D eigenvalue weighted by molar-refractivity contribution is 5.74. The molecule has 8 aliphatic heterocycles. The molecule has 40 heteroatoms. The van der Waals surface area contributed by atoms with Gasteiger partial charge in [0.2, 0.25) is 17.7 Å². The summed E-state index contributed by atoms with van der Waals surface area (Å²) in [6, 6.07) is -5.57. The first-order valence-electron chi connectivity index (χ1n) is 30.5. The van der Waals surface area contributed by atoms with Crippen molar-refractivity contribution in [3.63, 3.8) is 0 Å². The average molecular weight is 1370 g/mol. The van der Waals surface area contributed by atoms with Crippen LogP contribution in [-0.2, 0) is 85.4 Å². The van der Waals surface area contributed by atoms with E-state index < -0.39 is 290 Å². The molecule has 0 aromatic carbocycles. The van der Waals surface area contributed by atoms with Gasteiger partial charge in [-0.25, -0.2) is 0 Å². The number of aliphatic hydroxyl groups is 19. The van der Waals surface area contributed by atoms with Crippen molar-refractivity contribution in [3.8, 4) is 0 Å². The van der Waals surface area contributed by atoms with Crippen molar-refractivity contribution in [3.05, 3.63) is 0 Å². The Bertz CT molecular complexity index is 2440. The van der Waals surface area contributed by atoms with Crippen LogP contribution in [0.5, 0.6) is 0 Å². The summed E-state index contributed by atoms with van der Waals surface area (Å²) in [5.41, 5.74) is 0. The molecule has 8 fully saturated rings. The SMILES string of the molecule is CC(=O)N[C@H]1[C@H](O[C@H]2[C@@H](O)[C@@H](CO)O[C@@H](O[C@H]3[C@@H](O)[C@@H](CO)OC(O)[C@@H]3NC(C)=O)[C@@H]2O)O[C@H](CO)[C@@H](O[C@@H]2O[C@H](CO)[C@H](O)[C@H](O[C@@H]3O[C@@H](C)[C@@H](O)[C@@H](O)[C@@H]3O[C@@H]3O[C@@H](C)[C@@H](O)[C@@H](O)[C@@H]3O)[C@H]2NC(C)=O)[C@@H]1O[C@@H]1O[C@@H](C)[C@@H](O)[C@@H](O)[C@@H]1O[C@@H]1O[C@@H](C)[C@@H](O)[C@@H](O)[C@@H]1O. The maximum Gasteiger partial charge on any atom is 0.217 e. The van der Waals surface area contributed by atoms with Gasteiger partial charge in [-0.15, -0.1) is 0 Å². The Hall–Kier alpha value is -2.95. The third-order valence-electron chi connectivity index (χ3n) is 17.7. The van der Waals surface area contributed by atoms with Crippen LogP contribution in [-0.4, -0.2) is 387 Å². The molecule has 8 aliphatic rings. The Morgan fingerprint density at radius 1 is 0.277 bits per heavy atom. The molecular weight excluding hydrogens is 1280 g/mol. The number of amides is 3. The molecule has 0 bridgehead atoms. The number of aliphatic hydroxyl groups excluding tert-OH is 19. The minimum atomic E-state index is -2.31. The Kier molecular flexibility index (Phi) is 26.6. The first-order valence-corrected chi connectivity index (χ1v) is 30.5. The van der Waals surface area contributed by atoms with E-state index in [2.05, 4.69) is 16.0 Å². The van der Waals surface area contributed by atoms with Gasteiger partial charge in [-0.05, 0) is 27.7 Å². The van der Waals surface area contributed by atoms with E-state index in [0.29, 0.717) is 0 Å². The number of ether oxygens (including phenoxy) is 15. The van der Waals surface area contributed by atoms with Crippen molar-refractivity contribution in [2.75, 3.05) is 26.4 Å². The zero-order valence-electron chi connectivity index (χ0n) is 51.8. The van der Waals surface area contributed by atoms with Crippen molar-refractivity contribution >= 4 is 17.7 Å². The van der Waals surface area contributed by atoms with E-state index in [1.54, 1.807) is 0 Å². The van der Waals surface area contributed by atoms with E-state index in [9.17, 15) is 111 Å². The third kappa shape index (κ3) is 16.4. The largest absolute Gasteiger partial charge is 0.394 e. The number of hydrogen-bond donors (Lipinski definition) is 22. The predicted octanol–water partition coefficient (Wildman–Crippen LogP) is -13.9. The summed E-state index contributed by atoms with van der Waals surface area (Å²) in [6.07, 6.45) is -70.3. The van der Waals surface area contributed by atoms with Crippen LogP contribution < -0.4 is 16.0 Å². The summed E-state index contributed by atoms with van der Waals surface area (Å²) in [4.78, 5) is 39.3. The molecule has 8 heterocycles. The topological polar surface area (TPSA) is 610 Å². The maximum atomic E-state index is 13.7. The minimum Gasteiger partial charge on any atom is -0.394 e. The minimum absolute atomic E-state index is 0.787. The molecule has 94 heavy (non-hydrogen) atoms. The van der Waals surface area contributed by atoms with Crippen molar-refractivity contribution < 1.29 is 182 Å². The molecule has 3 amide bonds. The van der Waals surface area contributed by atoms with Gasteiger partial charge >= 0.3 is 0 Å². The number of nitrogens with one attached hydrogen (secondary N) is 3. The number of rotatable bonds is 21. The van der Waals surface area contributed by atoms with Gasteiger partial charge in [0.05, 0.1) is 50.8 Å². The third-order valence-corrected chi connectivity index (χ3v) is 17.7. The lowest BCUT2D eigenvalue weighted by atomic mass is 9.92. The molecule has 40 nitrogen and oxygen atoms in total. The summed E-state index contributed by atoms with van der Waals surface area (Å²) < 4.78 is 90.5. The van der Waals surface area contributed by atoms with Gasteiger partial charge < -0.3 is 184 Å². The first kappa shape index (κ1) is 76.8. The fraction of sp³-hybridized carbons (Fsp3) is 0.944. The lowest BCUT2D eigenvalue weighted by molar-refractivity contribution is -0.400. The van der Waals surface area contributed by atoms with E-state index in [0.717, 1.165) is 20.8 Å². The molecule has 0 aromatic rings. The molecule has 544 valence electrons. The summed E-state index contributed by atoms with van der Waals surface area (Å²) in [5, 5.41) is 218. The van der Waals surface area contributed by atoms with Crippen LogP contribution in [0.3, 0.4) is 0 Å². The van der Waals surface area contributed by atoms with E-state index in [-0.39, 0.29) is 0 Å². The predicted molar refractivity (Wildman–Crippen MR) is 294 cm³/mol. The van der Waals surface area contributed by atoms with Crippen LogP contribution in [0, 0.1) is 0 Å². The van der Waals surface area contributed by atoms with E-state index in [1.807, 2.05) is 0 Å². The summed E-state index contributed by atoms with van der Waals surface area (Å²) in [5.74, 6) is -2.68. The average Bonchev–Trinajstić information content (AvgIpc) is 0.762. The first-order chi connectivity index (χ1) is 44.3. The lowest BCUT2D eigenvalue weighted by Gasteiger charge is -2.53.